The van der Waals surface area contributed by atoms with Crippen molar-refractivity contribution >= 4 is 5.69 Å². The average molecular weight is 147 g/mol. The van der Waals surface area contributed by atoms with E-state index in [9.17, 15) is 0 Å². The Morgan fingerprint density at radius 3 is 2.82 bits per heavy atom. The molecule has 11 heavy (non-hydrogen) atoms. The molecule has 0 radical (unpaired) electrons. The van der Waals surface area contributed by atoms with Gasteiger partial charge in [0.15, 0.2) is 0 Å². The Bertz CT molecular complexity index is 299. The minimum absolute atomic E-state index is 0.622. The highest BCUT2D eigenvalue weighted by Crippen LogP contribution is 2.14. The number of nitrogens with one attached hydrogen (secondary N) is 1. The first-order valence-electron chi connectivity index (χ1n) is 3.32. The summed E-state index contributed by atoms with van der Waals surface area (Å²) in [5, 5.41) is 11.6. The van der Waals surface area contributed by atoms with Gasteiger partial charge >= 0.3 is 0 Å². The monoisotopic (exact) mass is 147 g/mol. The molecule has 1 rings (SSSR count). The van der Waals surface area contributed by atoms with Crippen LogP contribution in [0, 0.1) is 18.3 Å². The van der Waals surface area contributed by atoms with Gasteiger partial charge in [-0.15, -0.1) is 0 Å². The number of pyridine rings is 1. The van der Waals surface area contributed by atoms with Crippen molar-refractivity contribution in [1.82, 2.24) is 4.98 Å². The lowest BCUT2D eigenvalue weighted by molar-refractivity contribution is 1.24. The second-order valence-corrected chi connectivity index (χ2v) is 2.22. The minimum atomic E-state index is 0.622. The molecule has 0 atom stereocenters. The van der Waals surface area contributed by atoms with Crippen molar-refractivity contribution in [2.24, 2.45) is 0 Å². The Labute approximate surface area is 65.7 Å². The molecule has 0 fully saturated rings. The highest BCUT2D eigenvalue weighted by atomic mass is 14.8. The minimum Gasteiger partial charge on any atom is -0.387 e. The maximum atomic E-state index is 8.62. The molecule has 0 saturated carbocycles. The van der Waals surface area contributed by atoms with Gasteiger partial charge in [-0.05, 0) is 12.5 Å². The van der Waals surface area contributed by atoms with Crippen molar-refractivity contribution in [2.45, 2.75) is 6.92 Å². The second-order valence-electron chi connectivity index (χ2n) is 2.22. The van der Waals surface area contributed by atoms with Crippen molar-refractivity contribution in [1.29, 1.82) is 5.26 Å². The fraction of sp³-hybridized carbons (Fsp3) is 0.250. The number of rotatable bonds is 1. The van der Waals surface area contributed by atoms with E-state index in [4.69, 9.17) is 5.26 Å². The zero-order chi connectivity index (χ0) is 8.27. The largest absolute Gasteiger partial charge is 0.387 e. The van der Waals surface area contributed by atoms with Gasteiger partial charge in [-0.25, -0.2) is 0 Å². The van der Waals surface area contributed by atoms with Crippen molar-refractivity contribution in [3.05, 3.63) is 23.5 Å². The summed E-state index contributed by atoms with van der Waals surface area (Å²) in [6, 6.07) is 2.07. The lowest BCUT2D eigenvalue weighted by Gasteiger charge is -2.03. The number of nitriles is 1. The van der Waals surface area contributed by atoms with Gasteiger partial charge in [0.05, 0.1) is 17.4 Å². The number of hydrogen-bond donors (Lipinski definition) is 1. The smallest absolute Gasteiger partial charge is 0.101 e. The average Bonchev–Trinajstić information content (AvgIpc) is 2.05. The van der Waals surface area contributed by atoms with E-state index in [1.165, 1.54) is 0 Å². The zero-order valence-corrected chi connectivity index (χ0v) is 6.55. The van der Waals surface area contributed by atoms with Crippen LogP contribution in [0.25, 0.3) is 0 Å². The molecule has 1 aromatic heterocycles. The lowest BCUT2D eigenvalue weighted by Crippen LogP contribution is -1.94. The highest BCUT2D eigenvalue weighted by molar-refractivity contribution is 5.54. The Hall–Kier alpha value is -1.56. The van der Waals surface area contributed by atoms with Crippen LogP contribution in [-0.4, -0.2) is 12.0 Å². The molecule has 1 heterocycles. The molecule has 3 heteroatoms. The number of nitrogens with zero attached hydrogens (tertiary/aromatic N) is 2. The van der Waals surface area contributed by atoms with Crippen molar-refractivity contribution in [3.8, 4) is 6.07 Å². The van der Waals surface area contributed by atoms with Crippen molar-refractivity contribution in [3.63, 3.8) is 0 Å². The van der Waals surface area contributed by atoms with E-state index < -0.39 is 0 Å². The molecule has 3 nitrogen and oxygen atoms in total. The third-order valence-electron chi connectivity index (χ3n) is 1.61. The fourth-order valence-corrected chi connectivity index (χ4v) is 0.890. The molecular formula is C8H9N3. The van der Waals surface area contributed by atoms with E-state index in [-0.39, 0.29) is 0 Å². The molecule has 0 amide bonds. The standard InChI is InChI=1S/C8H9N3/c1-6-7(3-9)4-11-5-8(6)10-2/h4-5,10H,1-2H3. The molecule has 0 spiro atoms. The predicted octanol–water partition coefficient (Wildman–Crippen LogP) is 1.30. The second kappa shape index (κ2) is 3.02. The maximum absolute atomic E-state index is 8.62. The molecule has 0 saturated heterocycles. The lowest BCUT2D eigenvalue weighted by atomic mass is 10.1. The topological polar surface area (TPSA) is 48.7 Å². The van der Waals surface area contributed by atoms with E-state index in [0.717, 1.165) is 11.3 Å². The molecule has 1 aromatic rings. The van der Waals surface area contributed by atoms with Crippen LogP contribution >= 0.6 is 0 Å². The molecule has 1 N–H and O–H groups in total. The van der Waals surface area contributed by atoms with Crippen LogP contribution in [0.1, 0.15) is 11.1 Å². The summed E-state index contributed by atoms with van der Waals surface area (Å²) in [4.78, 5) is 3.90. The quantitative estimate of drug-likeness (QED) is 0.651. The normalized spacial score (nSPS) is 8.82. The van der Waals surface area contributed by atoms with E-state index in [0.29, 0.717) is 5.56 Å². The van der Waals surface area contributed by atoms with Crippen LogP contribution in [0.3, 0.4) is 0 Å². The highest BCUT2D eigenvalue weighted by Gasteiger charge is 2.00. The molecule has 0 aliphatic carbocycles. The van der Waals surface area contributed by atoms with Crippen molar-refractivity contribution in [2.75, 3.05) is 12.4 Å². The maximum Gasteiger partial charge on any atom is 0.101 e. The first-order chi connectivity index (χ1) is 5.29. The van der Waals surface area contributed by atoms with Gasteiger partial charge in [0.2, 0.25) is 0 Å². The van der Waals surface area contributed by atoms with E-state index in [1.807, 2.05) is 14.0 Å². The van der Waals surface area contributed by atoms with Crippen LogP contribution in [0.15, 0.2) is 12.4 Å². The first-order valence-corrected chi connectivity index (χ1v) is 3.32. The van der Waals surface area contributed by atoms with Crippen LogP contribution in [0.5, 0.6) is 0 Å². The summed E-state index contributed by atoms with van der Waals surface area (Å²) in [5.74, 6) is 0. The SMILES string of the molecule is CNc1cncc(C#N)c1C. The van der Waals surface area contributed by atoms with E-state index >= 15 is 0 Å². The summed E-state index contributed by atoms with van der Waals surface area (Å²) in [6.45, 7) is 1.89. The molecular weight excluding hydrogens is 138 g/mol. The number of anilines is 1. The van der Waals surface area contributed by atoms with Gasteiger partial charge in [0.25, 0.3) is 0 Å². The number of hydrogen-bond acceptors (Lipinski definition) is 3. The van der Waals surface area contributed by atoms with Crippen LogP contribution in [0.2, 0.25) is 0 Å². The Balaban J connectivity index is 3.23. The van der Waals surface area contributed by atoms with Crippen LogP contribution in [-0.2, 0) is 0 Å². The Kier molecular flexibility index (Phi) is 2.07. The van der Waals surface area contributed by atoms with Gasteiger partial charge in [-0.1, -0.05) is 0 Å². The molecule has 0 bridgehead atoms. The van der Waals surface area contributed by atoms with Gasteiger partial charge in [-0.3, -0.25) is 4.98 Å². The van der Waals surface area contributed by atoms with Gasteiger partial charge in [0, 0.05) is 13.2 Å². The van der Waals surface area contributed by atoms with Gasteiger partial charge < -0.3 is 5.32 Å². The number of aromatic nitrogens is 1. The predicted molar refractivity (Wildman–Crippen MR) is 43.2 cm³/mol. The molecule has 56 valence electrons. The summed E-state index contributed by atoms with van der Waals surface area (Å²) in [7, 11) is 1.81. The summed E-state index contributed by atoms with van der Waals surface area (Å²) in [5.41, 5.74) is 2.48. The van der Waals surface area contributed by atoms with Crippen LogP contribution in [0.4, 0.5) is 5.69 Å². The third-order valence-corrected chi connectivity index (χ3v) is 1.61. The summed E-state index contributed by atoms with van der Waals surface area (Å²) < 4.78 is 0. The zero-order valence-electron chi connectivity index (χ0n) is 6.55. The summed E-state index contributed by atoms with van der Waals surface area (Å²) in [6.07, 6.45) is 3.27. The molecule has 0 aromatic carbocycles. The molecule has 0 aliphatic rings. The molecule has 0 unspecified atom stereocenters. The van der Waals surface area contributed by atoms with Crippen molar-refractivity contribution < 1.29 is 0 Å². The van der Waals surface area contributed by atoms with E-state index in [1.54, 1.807) is 12.4 Å². The third kappa shape index (κ3) is 1.30. The fourth-order valence-electron chi connectivity index (χ4n) is 0.890. The van der Waals surface area contributed by atoms with Gasteiger partial charge in [-0.2, -0.15) is 5.26 Å². The first kappa shape index (κ1) is 7.55. The summed E-state index contributed by atoms with van der Waals surface area (Å²) >= 11 is 0. The van der Waals surface area contributed by atoms with Gasteiger partial charge in [0.1, 0.15) is 6.07 Å². The molecule has 0 aliphatic heterocycles. The Morgan fingerprint density at radius 1 is 1.55 bits per heavy atom. The Morgan fingerprint density at radius 2 is 2.27 bits per heavy atom. The van der Waals surface area contributed by atoms with Crippen LogP contribution < -0.4 is 5.32 Å². The van der Waals surface area contributed by atoms with E-state index in [2.05, 4.69) is 16.4 Å².